The lowest BCUT2D eigenvalue weighted by Gasteiger charge is -2.14. The molecular formula is C17H18N2. The molecule has 0 unspecified atom stereocenters. The van der Waals surface area contributed by atoms with E-state index in [2.05, 4.69) is 62.5 Å². The summed E-state index contributed by atoms with van der Waals surface area (Å²) in [5.41, 5.74) is 4.65. The number of aryl methyl sites for hydroxylation is 1. The molecule has 96 valence electrons. The minimum absolute atomic E-state index is 0.923. The molecule has 0 atom stereocenters. The summed E-state index contributed by atoms with van der Waals surface area (Å²) in [4.78, 5) is 4.81. The lowest BCUT2D eigenvalue weighted by molar-refractivity contribution is 1.16. The Kier molecular flexibility index (Phi) is 2.86. The van der Waals surface area contributed by atoms with Gasteiger partial charge in [-0.2, -0.15) is 0 Å². The minimum atomic E-state index is 0.923. The first-order valence-corrected chi connectivity index (χ1v) is 6.75. The molecule has 0 amide bonds. The quantitative estimate of drug-likeness (QED) is 0.680. The molecule has 0 spiro atoms. The summed E-state index contributed by atoms with van der Waals surface area (Å²) in [6, 6.07) is 12.8. The van der Waals surface area contributed by atoms with E-state index in [4.69, 9.17) is 4.98 Å². The van der Waals surface area contributed by atoms with E-state index < -0.39 is 0 Å². The number of nitrogens with one attached hydrogen (secondary N) is 1. The second-order valence-corrected chi connectivity index (χ2v) is 4.91. The maximum Gasteiger partial charge on any atom is 0.0804 e. The van der Waals surface area contributed by atoms with Crippen LogP contribution in [-0.4, -0.2) is 11.5 Å². The number of benzene rings is 2. The summed E-state index contributed by atoms with van der Waals surface area (Å²) in [6.07, 6.45) is 0. The average molecular weight is 250 g/mol. The van der Waals surface area contributed by atoms with Crippen LogP contribution in [0.4, 0.5) is 5.69 Å². The first kappa shape index (κ1) is 12.0. The van der Waals surface area contributed by atoms with Crippen molar-refractivity contribution < 1.29 is 0 Å². The van der Waals surface area contributed by atoms with Crippen LogP contribution in [0.15, 0.2) is 36.4 Å². The summed E-state index contributed by atoms with van der Waals surface area (Å²) in [7, 11) is 0. The van der Waals surface area contributed by atoms with E-state index in [1.165, 1.54) is 27.4 Å². The van der Waals surface area contributed by atoms with Crippen molar-refractivity contribution >= 4 is 27.4 Å². The molecule has 0 saturated carbocycles. The zero-order chi connectivity index (χ0) is 13.4. The molecule has 2 aromatic carbocycles. The van der Waals surface area contributed by atoms with Gasteiger partial charge in [-0.3, -0.25) is 4.98 Å². The zero-order valence-corrected chi connectivity index (χ0v) is 11.6. The van der Waals surface area contributed by atoms with Gasteiger partial charge in [0.05, 0.1) is 5.52 Å². The highest BCUT2D eigenvalue weighted by atomic mass is 14.9. The van der Waals surface area contributed by atoms with Gasteiger partial charge < -0.3 is 5.32 Å². The lowest BCUT2D eigenvalue weighted by atomic mass is 10.0. The molecule has 3 aromatic rings. The summed E-state index contributed by atoms with van der Waals surface area (Å²) < 4.78 is 0. The van der Waals surface area contributed by atoms with Crippen molar-refractivity contribution in [2.45, 2.75) is 20.8 Å². The molecule has 0 fully saturated rings. The zero-order valence-electron chi connectivity index (χ0n) is 11.6. The normalized spacial score (nSPS) is 11.1. The molecule has 1 aromatic heterocycles. The Morgan fingerprint density at radius 2 is 1.79 bits per heavy atom. The van der Waals surface area contributed by atoms with Crippen LogP contribution >= 0.6 is 0 Å². The standard InChI is InChI=1S/C17H18N2/c1-4-18-16-11(2)12(3)19-17-14-8-6-5-7-13(14)9-10-15(16)17/h5-10H,4H2,1-3H3,(H,18,19). The Morgan fingerprint density at radius 3 is 2.58 bits per heavy atom. The van der Waals surface area contributed by atoms with Crippen LogP contribution in [0.3, 0.4) is 0 Å². The van der Waals surface area contributed by atoms with Crippen LogP contribution in [0.2, 0.25) is 0 Å². The molecule has 19 heavy (non-hydrogen) atoms. The number of hydrogen-bond donors (Lipinski definition) is 1. The molecular weight excluding hydrogens is 232 g/mol. The highest BCUT2D eigenvalue weighted by molar-refractivity contribution is 6.09. The number of hydrogen-bond acceptors (Lipinski definition) is 2. The van der Waals surface area contributed by atoms with E-state index in [0.717, 1.165) is 17.8 Å². The fraction of sp³-hybridized carbons (Fsp3) is 0.235. The summed E-state index contributed by atoms with van der Waals surface area (Å²) in [5.74, 6) is 0. The fourth-order valence-electron chi connectivity index (χ4n) is 2.62. The minimum Gasteiger partial charge on any atom is -0.385 e. The Morgan fingerprint density at radius 1 is 1.00 bits per heavy atom. The van der Waals surface area contributed by atoms with Crippen molar-refractivity contribution in [2.75, 3.05) is 11.9 Å². The van der Waals surface area contributed by atoms with Gasteiger partial charge in [0.25, 0.3) is 0 Å². The Balaban J connectivity index is 2.47. The van der Waals surface area contributed by atoms with Crippen LogP contribution in [0.25, 0.3) is 21.7 Å². The van der Waals surface area contributed by atoms with Crippen LogP contribution in [0, 0.1) is 13.8 Å². The van der Waals surface area contributed by atoms with Crippen LogP contribution < -0.4 is 5.32 Å². The van der Waals surface area contributed by atoms with Gasteiger partial charge in [0.15, 0.2) is 0 Å². The predicted molar refractivity (Wildman–Crippen MR) is 82.9 cm³/mol. The lowest BCUT2D eigenvalue weighted by Crippen LogP contribution is -2.03. The Labute approximate surface area is 113 Å². The first-order chi connectivity index (χ1) is 9.22. The number of anilines is 1. The highest BCUT2D eigenvalue weighted by Crippen LogP contribution is 2.32. The van der Waals surface area contributed by atoms with E-state index >= 15 is 0 Å². The molecule has 0 aliphatic heterocycles. The van der Waals surface area contributed by atoms with Crippen molar-refractivity contribution in [3.63, 3.8) is 0 Å². The van der Waals surface area contributed by atoms with Crippen molar-refractivity contribution in [2.24, 2.45) is 0 Å². The Hall–Kier alpha value is -2.09. The smallest absolute Gasteiger partial charge is 0.0804 e. The molecule has 2 heteroatoms. The third-order valence-electron chi connectivity index (χ3n) is 3.72. The van der Waals surface area contributed by atoms with Crippen molar-refractivity contribution in [1.29, 1.82) is 0 Å². The van der Waals surface area contributed by atoms with E-state index in [9.17, 15) is 0 Å². The highest BCUT2D eigenvalue weighted by Gasteiger charge is 2.10. The molecule has 1 heterocycles. The van der Waals surface area contributed by atoms with Crippen LogP contribution in [-0.2, 0) is 0 Å². The van der Waals surface area contributed by atoms with Gasteiger partial charge in [-0.1, -0.05) is 36.4 Å². The SMILES string of the molecule is CCNc1c(C)c(C)nc2c1ccc1ccccc12. The summed E-state index contributed by atoms with van der Waals surface area (Å²) in [6.45, 7) is 7.26. The van der Waals surface area contributed by atoms with Crippen LogP contribution in [0.1, 0.15) is 18.2 Å². The van der Waals surface area contributed by atoms with E-state index in [1.54, 1.807) is 0 Å². The van der Waals surface area contributed by atoms with Gasteiger partial charge in [-0.25, -0.2) is 0 Å². The molecule has 0 bridgehead atoms. The monoisotopic (exact) mass is 250 g/mol. The average Bonchev–Trinajstić information content (AvgIpc) is 2.44. The molecule has 0 radical (unpaired) electrons. The van der Waals surface area contributed by atoms with E-state index in [-0.39, 0.29) is 0 Å². The van der Waals surface area contributed by atoms with Gasteiger partial charge in [0.1, 0.15) is 0 Å². The maximum atomic E-state index is 4.81. The molecule has 2 nitrogen and oxygen atoms in total. The number of aromatic nitrogens is 1. The van der Waals surface area contributed by atoms with Gasteiger partial charge in [0, 0.05) is 28.7 Å². The van der Waals surface area contributed by atoms with E-state index in [0.29, 0.717) is 0 Å². The summed E-state index contributed by atoms with van der Waals surface area (Å²) >= 11 is 0. The van der Waals surface area contributed by atoms with Crippen molar-refractivity contribution in [3.8, 4) is 0 Å². The third kappa shape index (κ3) is 1.84. The fourth-order valence-corrected chi connectivity index (χ4v) is 2.62. The molecule has 0 saturated heterocycles. The number of fused-ring (bicyclic) bond motifs is 3. The molecule has 0 aliphatic rings. The number of pyridine rings is 1. The van der Waals surface area contributed by atoms with Crippen molar-refractivity contribution in [1.82, 2.24) is 4.98 Å². The first-order valence-electron chi connectivity index (χ1n) is 6.75. The van der Waals surface area contributed by atoms with E-state index in [1.807, 2.05) is 0 Å². The number of rotatable bonds is 2. The van der Waals surface area contributed by atoms with Gasteiger partial charge in [-0.15, -0.1) is 0 Å². The van der Waals surface area contributed by atoms with Crippen molar-refractivity contribution in [3.05, 3.63) is 47.7 Å². The maximum absolute atomic E-state index is 4.81. The van der Waals surface area contributed by atoms with Gasteiger partial charge >= 0.3 is 0 Å². The molecule has 1 N–H and O–H groups in total. The molecule has 3 rings (SSSR count). The molecule has 0 aliphatic carbocycles. The van der Waals surface area contributed by atoms with Gasteiger partial charge in [0.2, 0.25) is 0 Å². The third-order valence-corrected chi connectivity index (χ3v) is 3.72. The summed E-state index contributed by atoms with van der Waals surface area (Å²) in [5, 5.41) is 7.16. The van der Waals surface area contributed by atoms with Crippen LogP contribution in [0.5, 0.6) is 0 Å². The van der Waals surface area contributed by atoms with Gasteiger partial charge in [-0.05, 0) is 31.7 Å². The Bertz CT molecular complexity index is 760. The second-order valence-electron chi connectivity index (χ2n) is 4.91. The topological polar surface area (TPSA) is 24.9 Å². The number of nitrogens with zero attached hydrogens (tertiary/aromatic N) is 1. The largest absolute Gasteiger partial charge is 0.385 e. The second kappa shape index (κ2) is 4.54. The predicted octanol–water partition coefficient (Wildman–Crippen LogP) is 4.44.